The van der Waals surface area contributed by atoms with Crippen LogP contribution in [0.5, 0.6) is 5.75 Å². The number of fused-ring (bicyclic) bond motifs is 3. The molecule has 0 bridgehead atoms. The van der Waals surface area contributed by atoms with Crippen LogP contribution in [0.25, 0.3) is 0 Å². The average Bonchev–Trinajstić information content (AvgIpc) is 3.20. The summed E-state index contributed by atoms with van der Waals surface area (Å²) >= 11 is 3.62. The van der Waals surface area contributed by atoms with Gasteiger partial charge in [0.1, 0.15) is 5.75 Å². The van der Waals surface area contributed by atoms with Crippen LogP contribution in [0.2, 0.25) is 0 Å². The number of hydrazone groups is 1. The maximum Gasteiger partial charge on any atom is 0.213 e. The number of benzene rings is 3. The summed E-state index contributed by atoms with van der Waals surface area (Å²) in [6, 6.07) is 23.8. The summed E-state index contributed by atoms with van der Waals surface area (Å²) in [6.07, 6.45) is 1.70. The summed E-state index contributed by atoms with van der Waals surface area (Å²) < 4.78 is 7.51. The highest BCUT2D eigenvalue weighted by Gasteiger charge is 2.41. The molecule has 0 spiro atoms. The Balaban J connectivity index is 1.57. The first-order valence-corrected chi connectivity index (χ1v) is 10.9. The van der Waals surface area contributed by atoms with E-state index in [9.17, 15) is 0 Å². The van der Waals surface area contributed by atoms with Crippen molar-refractivity contribution in [3.63, 3.8) is 0 Å². The average molecular weight is 447 g/mol. The molecule has 5 rings (SSSR count). The molecule has 0 saturated carbocycles. The molecule has 2 aliphatic rings. The molecule has 3 nitrogen and oxygen atoms in total. The van der Waals surface area contributed by atoms with Crippen LogP contribution in [0, 0.1) is 6.92 Å². The zero-order chi connectivity index (χ0) is 20.0. The second-order valence-corrected chi connectivity index (χ2v) is 8.68. The zero-order valence-corrected chi connectivity index (χ0v) is 18.2. The highest BCUT2D eigenvalue weighted by atomic mass is 79.9. The minimum absolute atomic E-state index is 0.170. The summed E-state index contributed by atoms with van der Waals surface area (Å²) in [5.41, 5.74) is 7.21. The molecule has 0 saturated heterocycles. The van der Waals surface area contributed by atoms with Crippen LogP contribution >= 0.6 is 15.9 Å². The Hall–Kier alpha value is -2.59. The summed E-state index contributed by atoms with van der Waals surface area (Å²) in [5.74, 6) is 0.942. The van der Waals surface area contributed by atoms with Crippen LogP contribution in [0.3, 0.4) is 0 Å². The van der Waals surface area contributed by atoms with E-state index in [1.807, 2.05) is 6.07 Å². The highest BCUT2D eigenvalue weighted by molar-refractivity contribution is 9.10. The first-order valence-electron chi connectivity index (χ1n) is 10.1. The van der Waals surface area contributed by atoms with Gasteiger partial charge in [0, 0.05) is 22.0 Å². The first kappa shape index (κ1) is 18.4. The first-order chi connectivity index (χ1) is 14.1. The third-order valence-electron chi connectivity index (χ3n) is 5.81. The second kappa shape index (κ2) is 7.34. The van der Waals surface area contributed by atoms with E-state index in [-0.39, 0.29) is 12.3 Å². The van der Waals surface area contributed by atoms with Gasteiger partial charge in [-0.1, -0.05) is 76.9 Å². The van der Waals surface area contributed by atoms with Crippen LogP contribution in [0.1, 0.15) is 53.4 Å². The van der Waals surface area contributed by atoms with Crippen LogP contribution in [0.15, 0.2) is 76.3 Å². The molecule has 0 unspecified atom stereocenters. The van der Waals surface area contributed by atoms with E-state index in [0.29, 0.717) is 0 Å². The summed E-state index contributed by atoms with van der Waals surface area (Å²) in [7, 11) is 0. The Morgan fingerprint density at radius 2 is 1.79 bits per heavy atom. The van der Waals surface area contributed by atoms with Gasteiger partial charge in [0.25, 0.3) is 0 Å². The lowest BCUT2D eigenvalue weighted by Crippen LogP contribution is -2.33. The standard InChI is InChI=1S/C25H23BrN2O/c1-3-17-6-10-18(11-7-17)22-15-23-21-14-20(26)12-13-24(21)29-25(28(23)27-22)19-8-4-16(2)5-9-19/h4-14,23,25H,3,15H2,1-2H3/t23-,25+/m1/s1. The number of rotatable bonds is 3. The van der Waals surface area contributed by atoms with Crippen molar-refractivity contribution in [3.05, 3.63) is 99.0 Å². The van der Waals surface area contributed by atoms with Gasteiger partial charge < -0.3 is 4.74 Å². The Morgan fingerprint density at radius 1 is 1.03 bits per heavy atom. The molecule has 3 aromatic rings. The number of ether oxygens (including phenoxy) is 1. The van der Waals surface area contributed by atoms with Crippen molar-refractivity contribution >= 4 is 21.6 Å². The minimum Gasteiger partial charge on any atom is -0.464 e. The maximum absolute atomic E-state index is 6.45. The van der Waals surface area contributed by atoms with Gasteiger partial charge in [0.05, 0.1) is 11.8 Å². The van der Waals surface area contributed by atoms with E-state index in [0.717, 1.165) is 34.3 Å². The largest absolute Gasteiger partial charge is 0.464 e. The normalized spacial score (nSPS) is 20.0. The van der Waals surface area contributed by atoms with Crippen molar-refractivity contribution in [3.8, 4) is 5.75 Å². The van der Waals surface area contributed by atoms with Gasteiger partial charge in [-0.15, -0.1) is 0 Å². The molecule has 2 atom stereocenters. The Labute approximate surface area is 180 Å². The van der Waals surface area contributed by atoms with Crippen molar-refractivity contribution in [1.29, 1.82) is 0 Å². The molecule has 3 aromatic carbocycles. The maximum atomic E-state index is 6.45. The molecule has 0 N–H and O–H groups in total. The molecule has 0 aliphatic carbocycles. The predicted octanol–water partition coefficient (Wildman–Crippen LogP) is 6.56. The third-order valence-corrected chi connectivity index (χ3v) is 6.30. The van der Waals surface area contributed by atoms with Gasteiger partial charge in [-0.05, 0) is 42.7 Å². The lowest BCUT2D eigenvalue weighted by atomic mass is 9.95. The van der Waals surface area contributed by atoms with Gasteiger partial charge in [0.15, 0.2) is 0 Å². The minimum atomic E-state index is -0.221. The predicted molar refractivity (Wildman–Crippen MR) is 120 cm³/mol. The molecule has 146 valence electrons. The Kier molecular flexibility index (Phi) is 4.67. The topological polar surface area (TPSA) is 24.8 Å². The molecular weight excluding hydrogens is 424 g/mol. The van der Waals surface area contributed by atoms with Crippen molar-refractivity contribution in [1.82, 2.24) is 5.01 Å². The molecular formula is C25H23BrN2O. The number of hydrogen-bond acceptors (Lipinski definition) is 3. The van der Waals surface area contributed by atoms with E-state index >= 15 is 0 Å². The SMILES string of the molecule is CCc1ccc(C2=NN3[C@H](C2)c2cc(Br)ccc2O[C@H]3c2ccc(C)cc2)cc1. The molecule has 0 fully saturated rings. The van der Waals surface area contributed by atoms with Gasteiger partial charge in [-0.3, -0.25) is 0 Å². The van der Waals surface area contributed by atoms with E-state index in [1.54, 1.807) is 0 Å². The Bertz CT molecular complexity index is 1070. The zero-order valence-electron chi connectivity index (χ0n) is 16.6. The Morgan fingerprint density at radius 3 is 2.52 bits per heavy atom. The molecule has 2 heterocycles. The van der Waals surface area contributed by atoms with Gasteiger partial charge in [0.2, 0.25) is 6.23 Å². The summed E-state index contributed by atoms with van der Waals surface area (Å²) in [4.78, 5) is 0. The highest BCUT2D eigenvalue weighted by Crippen LogP contribution is 2.48. The molecule has 4 heteroatoms. The number of aryl methyl sites for hydroxylation is 2. The molecule has 2 aliphatic heterocycles. The van der Waals surface area contributed by atoms with Crippen LogP contribution in [-0.4, -0.2) is 10.7 Å². The molecule has 0 radical (unpaired) electrons. The summed E-state index contributed by atoms with van der Waals surface area (Å²) in [6.45, 7) is 4.29. The van der Waals surface area contributed by atoms with E-state index in [2.05, 4.69) is 95.5 Å². The number of hydrogen-bond donors (Lipinski definition) is 0. The second-order valence-electron chi connectivity index (χ2n) is 7.76. The van der Waals surface area contributed by atoms with E-state index < -0.39 is 0 Å². The molecule has 29 heavy (non-hydrogen) atoms. The molecule has 0 amide bonds. The van der Waals surface area contributed by atoms with Gasteiger partial charge in [-0.2, -0.15) is 5.10 Å². The third kappa shape index (κ3) is 3.36. The van der Waals surface area contributed by atoms with Crippen molar-refractivity contribution < 1.29 is 4.74 Å². The van der Waals surface area contributed by atoms with Gasteiger partial charge in [-0.25, -0.2) is 5.01 Å². The smallest absolute Gasteiger partial charge is 0.213 e. The van der Waals surface area contributed by atoms with Crippen molar-refractivity contribution in [2.75, 3.05) is 0 Å². The monoisotopic (exact) mass is 446 g/mol. The van der Waals surface area contributed by atoms with Crippen LogP contribution < -0.4 is 4.74 Å². The fourth-order valence-electron chi connectivity index (χ4n) is 4.12. The lowest BCUT2D eigenvalue weighted by Gasteiger charge is -2.38. The van der Waals surface area contributed by atoms with E-state index in [4.69, 9.17) is 9.84 Å². The fourth-order valence-corrected chi connectivity index (χ4v) is 4.50. The van der Waals surface area contributed by atoms with Crippen LogP contribution in [0.4, 0.5) is 0 Å². The fraction of sp³-hybridized carbons (Fsp3) is 0.240. The number of nitrogens with zero attached hydrogens (tertiary/aromatic N) is 2. The number of halogens is 1. The molecule has 0 aromatic heterocycles. The quantitative estimate of drug-likeness (QED) is 0.454. The van der Waals surface area contributed by atoms with Crippen molar-refractivity contribution in [2.45, 2.75) is 39.0 Å². The van der Waals surface area contributed by atoms with Crippen molar-refractivity contribution in [2.24, 2.45) is 5.10 Å². The van der Waals surface area contributed by atoms with Gasteiger partial charge >= 0.3 is 0 Å². The van der Waals surface area contributed by atoms with Crippen LogP contribution in [-0.2, 0) is 6.42 Å². The van der Waals surface area contributed by atoms with E-state index in [1.165, 1.54) is 22.3 Å². The summed E-state index contributed by atoms with van der Waals surface area (Å²) in [5, 5.41) is 7.20. The lowest BCUT2D eigenvalue weighted by molar-refractivity contribution is -0.0190.